The lowest BCUT2D eigenvalue weighted by atomic mass is 10.0. The number of nitrogens with two attached hydrogens (primary N) is 1. The number of nitrogens with zero attached hydrogens (tertiary/aromatic N) is 1. The quantitative estimate of drug-likeness (QED) is 0.653. The van der Waals surface area contributed by atoms with Gasteiger partial charge in [0.1, 0.15) is 0 Å². The highest BCUT2D eigenvalue weighted by molar-refractivity contribution is 4.69. The number of hydrogen-bond donors (Lipinski definition) is 1. The van der Waals surface area contributed by atoms with Crippen LogP contribution in [0, 0.1) is 5.92 Å². The summed E-state index contributed by atoms with van der Waals surface area (Å²) in [6.45, 7) is 8.53. The average molecular weight is 158 g/mol. The lowest BCUT2D eigenvalue weighted by molar-refractivity contribution is 0.228. The number of likely N-dealkylation sites (N-methyl/N-ethyl adjacent to an activating group) is 1. The fraction of sp³-hybridized carbons (Fsp3) is 1.00. The van der Waals surface area contributed by atoms with Gasteiger partial charge in [0.25, 0.3) is 0 Å². The molecule has 0 aromatic carbocycles. The highest BCUT2D eigenvalue weighted by Crippen LogP contribution is 2.08. The van der Waals surface area contributed by atoms with Crippen LogP contribution in [0.3, 0.4) is 0 Å². The molecule has 0 aromatic rings. The first kappa shape index (κ1) is 10.9. The highest BCUT2D eigenvalue weighted by atomic mass is 15.1. The van der Waals surface area contributed by atoms with E-state index in [4.69, 9.17) is 5.73 Å². The van der Waals surface area contributed by atoms with Crippen LogP contribution < -0.4 is 5.73 Å². The van der Waals surface area contributed by atoms with Gasteiger partial charge in [0.05, 0.1) is 0 Å². The monoisotopic (exact) mass is 158 g/mol. The maximum absolute atomic E-state index is 5.66. The molecule has 0 fully saturated rings. The third-order valence-corrected chi connectivity index (χ3v) is 2.14. The normalized spacial score (nSPS) is 14.5. The topological polar surface area (TPSA) is 29.3 Å². The van der Waals surface area contributed by atoms with E-state index in [1.807, 2.05) is 0 Å². The van der Waals surface area contributed by atoms with E-state index in [-0.39, 0.29) is 0 Å². The Morgan fingerprint density at radius 2 is 1.91 bits per heavy atom. The summed E-state index contributed by atoms with van der Waals surface area (Å²) in [5, 5.41) is 0. The third-order valence-electron chi connectivity index (χ3n) is 2.14. The molecule has 2 heteroatoms. The van der Waals surface area contributed by atoms with Crippen molar-refractivity contribution in [2.75, 3.05) is 20.1 Å². The van der Waals surface area contributed by atoms with Crippen molar-refractivity contribution in [1.82, 2.24) is 4.90 Å². The molecule has 0 amide bonds. The van der Waals surface area contributed by atoms with E-state index in [9.17, 15) is 0 Å². The number of rotatable bonds is 5. The first-order valence-electron chi connectivity index (χ1n) is 4.52. The number of hydrogen-bond acceptors (Lipinski definition) is 2. The van der Waals surface area contributed by atoms with Gasteiger partial charge >= 0.3 is 0 Å². The molecule has 0 aromatic heterocycles. The van der Waals surface area contributed by atoms with Crippen molar-refractivity contribution in [2.24, 2.45) is 11.7 Å². The maximum atomic E-state index is 5.66. The summed E-state index contributed by atoms with van der Waals surface area (Å²) in [7, 11) is 2.14. The second-order valence-corrected chi connectivity index (χ2v) is 3.59. The summed E-state index contributed by atoms with van der Waals surface area (Å²) in [4.78, 5) is 2.32. The minimum absolute atomic E-state index is 0.569. The van der Waals surface area contributed by atoms with Crippen LogP contribution in [-0.2, 0) is 0 Å². The smallest absolute Gasteiger partial charge is 0.0217 e. The molecule has 0 bridgehead atoms. The Balaban J connectivity index is 3.74. The minimum Gasteiger partial charge on any atom is -0.329 e. The fourth-order valence-corrected chi connectivity index (χ4v) is 1.26. The van der Waals surface area contributed by atoms with E-state index in [0.29, 0.717) is 6.04 Å². The van der Waals surface area contributed by atoms with Gasteiger partial charge in [0.2, 0.25) is 0 Å². The Bertz CT molecular complexity index is 91.6. The molecule has 0 aliphatic carbocycles. The van der Waals surface area contributed by atoms with Gasteiger partial charge in [-0.2, -0.15) is 0 Å². The van der Waals surface area contributed by atoms with Crippen LogP contribution in [0.2, 0.25) is 0 Å². The Morgan fingerprint density at radius 3 is 2.18 bits per heavy atom. The molecule has 1 unspecified atom stereocenters. The van der Waals surface area contributed by atoms with Gasteiger partial charge in [-0.1, -0.05) is 20.8 Å². The SMILES string of the molecule is CCN(C)C(CN)CC(C)C. The fourth-order valence-electron chi connectivity index (χ4n) is 1.26. The van der Waals surface area contributed by atoms with Gasteiger partial charge in [-0.25, -0.2) is 0 Å². The van der Waals surface area contributed by atoms with Crippen molar-refractivity contribution < 1.29 is 0 Å². The Hall–Kier alpha value is -0.0800. The molecule has 0 aliphatic heterocycles. The molecule has 68 valence electrons. The van der Waals surface area contributed by atoms with Crippen LogP contribution in [-0.4, -0.2) is 31.1 Å². The summed E-state index contributed by atoms with van der Waals surface area (Å²) in [5.41, 5.74) is 5.66. The molecule has 2 N–H and O–H groups in total. The lowest BCUT2D eigenvalue weighted by Gasteiger charge is -2.26. The average Bonchev–Trinajstić information content (AvgIpc) is 1.98. The van der Waals surface area contributed by atoms with Gasteiger partial charge < -0.3 is 10.6 Å². The molecule has 0 rings (SSSR count). The maximum Gasteiger partial charge on any atom is 0.0217 e. The predicted octanol–water partition coefficient (Wildman–Crippen LogP) is 1.31. The Labute approximate surface area is 70.8 Å². The van der Waals surface area contributed by atoms with Crippen molar-refractivity contribution in [3.63, 3.8) is 0 Å². The largest absolute Gasteiger partial charge is 0.329 e. The van der Waals surface area contributed by atoms with Crippen molar-refractivity contribution in [2.45, 2.75) is 33.2 Å². The van der Waals surface area contributed by atoms with E-state index in [0.717, 1.165) is 19.0 Å². The first-order valence-corrected chi connectivity index (χ1v) is 4.52. The van der Waals surface area contributed by atoms with E-state index >= 15 is 0 Å². The summed E-state index contributed by atoms with van der Waals surface area (Å²) < 4.78 is 0. The molecule has 0 saturated carbocycles. The van der Waals surface area contributed by atoms with E-state index in [1.165, 1.54) is 6.42 Å². The molecular formula is C9H22N2. The summed E-state index contributed by atoms with van der Waals surface area (Å²) in [6, 6.07) is 0.569. The highest BCUT2D eigenvalue weighted by Gasteiger charge is 2.12. The third kappa shape index (κ3) is 4.38. The Morgan fingerprint density at radius 1 is 1.36 bits per heavy atom. The molecule has 1 atom stereocenters. The summed E-state index contributed by atoms with van der Waals surface area (Å²) in [5.74, 6) is 0.748. The standard InChI is InChI=1S/C9H22N2/c1-5-11(4)9(7-10)6-8(2)3/h8-9H,5-7,10H2,1-4H3. The lowest BCUT2D eigenvalue weighted by Crippen LogP contribution is -2.38. The van der Waals surface area contributed by atoms with Gasteiger partial charge in [-0.05, 0) is 25.9 Å². The molecule has 0 aliphatic rings. The van der Waals surface area contributed by atoms with E-state index < -0.39 is 0 Å². The zero-order valence-electron chi connectivity index (χ0n) is 8.30. The zero-order valence-corrected chi connectivity index (χ0v) is 8.30. The molecular weight excluding hydrogens is 136 g/mol. The van der Waals surface area contributed by atoms with Crippen LogP contribution in [0.25, 0.3) is 0 Å². The molecule has 2 nitrogen and oxygen atoms in total. The molecule has 0 spiro atoms. The van der Waals surface area contributed by atoms with Gasteiger partial charge in [0.15, 0.2) is 0 Å². The van der Waals surface area contributed by atoms with Crippen LogP contribution in [0.15, 0.2) is 0 Å². The Kier molecular flexibility index (Phi) is 5.51. The minimum atomic E-state index is 0.569. The van der Waals surface area contributed by atoms with Gasteiger partial charge in [0, 0.05) is 12.6 Å². The predicted molar refractivity (Wildman–Crippen MR) is 50.6 cm³/mol. The first-order chi connectivity index (χ1) is 5.11. The van der Waals surface area contributed by atoms with E-state index in [2.05, 4.69) is 32.7 Å². The van der Waals surface area contributed by atoms with E-state index in [1.54, 1.807) is 0 Å². The molecule has 11 heavy (non-hydrogen) atoms. The molecule has 0 heterocycles. The van der Waals surface area contributed by atoms with Crippen molar-refractivity contribution in [3.8, 4) is 0 Å². The zero-order chi connectivity index (χ0) is 8.85. The van der Waals surface area contributed by atoms with Crippen molar-refractivity contribution in [3.05, 3.63) is 0 Å². The second-order valence-electron chi connectivity index (χ2n) is 3.59. The summed E-state index contributed by atoms with van der Waals surface area (Å²) >= 11 is 0. The summed E-state index contributed by atoms with van der Waals surface area (Å²) in [6.07, 6.45) is 1.21. The van der Waals surface area contributed by atoms with Crippen LogP contribution in [0.1, 0.15) is 27.2 Å². The van der Waals surface area contributed by atoms with Gasteiger partial charge in [-0.3, -0.25) is 0 Å². The second kappa shape index (κ2) is 5.56. The molecule has 0 radical (unpaired) electrons. The van der Waals surface area contributed by atoms with Crippen LogP contribution >= 0.6 is 0 Å². The van der Waals surface area contributed by atoms with Crippen LogP contribution in [0.4, 0.5) is 0 Å². The van der Waals surface area contributed by atoms with Crippen molar-refractivity contribution in [1.29, 1.82) is 0 Å². The van der Waals surface area contributed by atoms with Crippen molar-refractivity contribution >= 4 is 0 Å². The molecule has 0 saturated heterocycles. The van der Waals surface area contributed by atoms with Gasteiger partial charge in [-0.15, -0.1) is 0 Å². The van der Waals surface area contributed by atoms with Crippen LogP contribution in [0.5, 0.6) is 0 Å².